The normalized spacial score (nSPS) is 14.9. The number of carbonyl (C=O) groups is 1. The van der Waals surface area contributed by atoms with Gasteiger partial charge in [-0.1, -0.05) is 0 Å². The molecule has 2 aromatic heterocycles. The number of piperidine rings is 1. The van der Waals surface area contributed by atoms with E-state index in [2.05, 4.69) is 15.2 Å². The summed E-state index contributed by atoms with van der Waals surface area (Å²) in [7, 11) is 0. The molecule has 0 radical (unpaired) electrons. The first-order valence-electron chi connectivity index (χ1n) is 8.76. The van der Waals surface area contributed by atoms with E-state index in [1.165, 1.54) is 12.3 Å². The fraction of sp³-hybridized carbons (Fsp3) is 0.263. The minimum Gasteiger partial charge on any atom is -0.420 e. The smallest absolute Gasteiger partial charge is 0.415 e. The number of rotatable bonds is 3. The van der Waals surface area contributed by atoms with E-state index in [0.29, 0.717) is 43.1 Å². The second kappa shape index (κ2) is 7.71. The van der Waals surface area contributed by atoms with Gasteiger partial charge in [0.1, 0.15) is 0 Å². The van der Waals surface area contributed by atoms with Crippen LogP contribution in [0, 0.1) is 11.6 Å². The molecule has 1 aliphatic rings. The maximum Gasteiger partial charge on any atom is 0.415 e. The number of ether oxygens (including phenoxy) is 1. The van der Waals surface area contributed by atoms with Crippen molar-refractivity contribution in [2.45, 2.75) is 18.8 Å². The predicted octanol–water partition coefficient (Wildman–Crippen LogP) is 3.79. The summed E-state index contributed by atoms with van der Waals surface area (Å²) in [6.45, 7) is 0.958. The fourth-order valence-electron chi connectivity index (χ4n) is 3.03. The lowest BCUT2D eigenvalue weighted by Crippen LogP contribution is -2.39. The number of halogens is 2. The number of pyridine rings is 1. The van der Waals surface area contributed by atoms with Crippen molar-refractivity contribution in [1.82, 2.24) is 20.1 Å². The van der Waals surface area contributed by atoms with Gasteiger partial charge >= 0.3 is 6.09 Å². The summed E-state index contributed by atoms with van der Waals surface area (Å²) in [4.78, 5) is 17.7. The van der Waals surface area contributed by atoms with Gasteiger partial charge in [0.05, 0.1) is 6.20 Å². The van der Waals surface area contributed by atoms with Crippen molar-refractivity contribution < 1.29 is 22.7 Å². The van der Waals surface area contributed by atoms with Crippen LogP contribution in [0.15, 0.2) is 47.1 Å². The molecule has 0 unspecified atom stereocenters. The highest BCUT2D eigenvalue weighted by atomic mass is 19.2. The molecular formula is C19H16F2N4O3. The zero-order chi connectivity index (χ0) is 19.5. The number of nitrogens with zero attached hydrogens (tertiary/aromatic N) is 4. The van der Waals surface area contributed by atoms with Crippen LogP contribution in [0.1, 0.15) is 24.7 Å². The third-order valence-corrected chi connectivity index (χ3v) is 4.55. The molecule has 0 N–H and O–H groups in total. The van der Waals surface area contributed by atoms with Gasteiger partial charge in [0, 0.05) is 30.8 Å². The van der Waals surface area contributed by atoms with E-state index in [1.807, 2.05) is 0 Å². The topological polar surface area (TPSA) is 81.4 Å². The number of amides is 1. The molecular weight excluding hydrogens is 370 g/mol. The number of likely N-dealkylation sites (tertiary alicyclic amines) is 1. The number of carbonyl (C=O) groups excluding carboxylic acids is 1. The van der Waals surface area contributed by atoms with E-state index in [9.17, 15) is 13.6 Å². The number of aromatic nitrogens is 3. The average Bonchev–Trinajstić information content (AvgIpc) is 3.21. The SMILES string of the molecule is O=C(Oc1cccnc1)N1CCC(c2nnc(-c3ccc(F)c(F)c3)o2)CC1. The van der Waals surface area contributed by atoms with E-state index in [-0.39, 0.29) is 11.8 Å². The first-order chi connectivity index (χ1) is 13.6. The monoisotopic (exact) mass is 386 g/mol. The van der Waals surface area contributed by atoms with Gasteiger partial charge < -0.3 is 14.1 Å². The van der Waals surface area contributed by atoms with Crippen molar-refractivity contribution in [2.75, 3.05) is 13.1 Å². The predicted molar refractivity (Wildman–Crippen MR) is 93.5 cm³/mol. The molecule has 1 saturated heterocycles. The number of hydrogen-bond acceptors (Lipinski definition) is 6. The van der Waals surface area contributed by atoms with E-state index in [0.717, 1.165) is 12.1 Å². The lowest BCUT2D eigenvalue weighted by Gasteiger charge is -2.29. The molecule has 28 heavy (non-hydrogen) atoms. The summed E-state index contributed by atoms with van der Waals surface area (Å²) >= 11 is 0. The summed E-state index contributed by atoms with van der Waals surface area (Å²) in [5.41, 5.74) is 0.315. The van der Waals surface area contributed by atoms with Crippen LogP contribution in [-0.4, -0.2) is 39.3 Å². The van der Waals surface area contributed by atoms with Gasteiger partial charge in [0.2, 0.25) is 11.8 Å². The van der Waals surface area contributed by atoms with E-state index in [1.54, 1.807) is 23.2 Å². The van der Waals surface area contributed by atoms with Crippen LogP contribution in [-0.2, 0) is 0 Å². The molecule has 0 bridgehead atoms. The zero-order valence-corrected chi connectivity index (χ0v) is 14.7. The lowest BCUT2D eigenvalue weighted by molar-refractivity contribution is 0.136. The first-order valence-corrected chi connectivity index (χ1v) is 8.76. The Morgan fingerprint density at radius 3 is 2.68 bits per heavy atom. The number of hydrogen-bond donors (Lipinski definition) is 0. The Bertz CT molecular complexity index is 972. The van der Waals surface area contributed by atoms with Crippen molar-refractivity contribution in [3.05, 3.63) is 60.3 Å². The Labute approximate surface area is 159 Å². The Kier molecular flexibility index (Phi) is 4.96. The molecule has 0 spiro atoms. The van der Waals surface area contributed by atoms with Crippen molar-refractivity contribution >= 4 is 6.09 Å². The molecule has 7 nitrogen and oxygen atoms in total. The van der Waals surface area contributed by atoms with Crippen LogP contribution in [0.5, 0.6) is 5.75 Å². The van der Waals surface area contributed by atoms with Crippen LogP contribution in [0.4, 0.5) is 13.6 Å². The van der Waals surface area contributed by atoms with Gasteiger partial charge in [0.15, 0.2) is 17.4 Å². The van der Waals surface area contributed by atoms with Crippen molar-refractivity contribution in [1.29, 1.82) is 0 Å². The zero-order valence-electron chi connectivity index (χ0n) is 14.7. The van der Waals surface area contributed by atoms with Crippen LogP contribution < -0.4 is 4.74 Å². The Balaban J connectivity index is 1.37. The Hall–Kier alpha value is -3.36. The van der Waals surface area contributed by atoms with Crippen LogP contribution in [0.2, 0.25) is 0 Å². The third-order valence-electron chi connectivity index (χ3n) is 4.55. The maximum atomic E-state index is 13.4. The summed E-state index contributed by atoms with van der Waals surface area (Å²) in [5, 5.41) is 7.95. The van der Waals surface area contributed by atoms with Gasteiger partial charge in [-0.2, -0.15) is 0 Å². The van der Waals surface area contributed by atoms with Gasteiger partial charge in [-0.05, 0) is 43.2 Å². The van der Waals surface area contributed by atoms with Crippen LogP contribution in [0.25, 0.3) is 11.5 Å². The lowest BCUT2D eigenvalue weighted by atomic mass is 9.97. The summed E-state index contributed by atoms with van der Waals surface area (Å²) in [6.07, 6.45) is 3.90. The quantitative estimate of drug-likeness (QED) is 0.681. The Morgan fingerprint density at radius 1 is 1.14 bits per heavy atom. The van der Waals surface area contributed by atoms with Crippen molar-refractivity contribution in [3.8, 4) is 17.2 Å². The largest absolute Gasteiger partial charge is 0.420 e. The van der Waals surface area contributed by atoms with E-state index in [4.69, 9.17) is 9.15 Å². The molecule has 3 heterocycles. The minimum absolute atomic E-state index is 0.0195. The highest BCUT2D eigenvalue weighted by Crippen LogP contribution is 2.30. The molecule has 1 aliphatic heterocycles. The minimum atomic E-state index is -0.974. The summed E-state index contributed by atoms with van der Waals surface area (Å²) in [5.74, 6) is -0.990. The van der Waals surface area contributed by atoms with Crippen LogP contribution in [0.3, 0.4) is 0 Å². The molecule has 144 valence electrons. The summed E-state index contributed by atoms with van der Waals surface area (Å²) < 4.78 is 37.4. The van der Waals surface area contributed by atoms with Gasteiger partial charge in [0.25, 0.3) is 0 Å². The van der Waals surface area contributed by atoms with Gasteiger partial charge in [-0.15, -0.1) is 10.2 Å². The van der Waals surface area contributed by atoms with Crippen molar-refractivity contribution in [3.63, 3.8) is 0 Å². The second-order valence-corrected chi connectivity index (χ2v) is 6.39. The maximum absolute atomic E-state index is 13.4. The van der Waals surface area contributed by atoms with Gasteiger partial charge in [-0.25, -0.2) is 13.6 Å². The van der Waals surface area contributed by atoms with Gasteiger partial charge in [-0.3, -0.25) is 4.98 Å². The molecule has 0 atom stereocenters. The third kappa shape index (κ3) is 3.83. The standard InChI is InChI=1S/C19H16F2N4O3/c20-15-4-3-13(10-16(15)21)18-24-23-17(28-18)12-5-8-25(9-6-12)19(26)27-14-2-1-7-22-11-14/h1-4,7,10-12H,5-6,8-9H2. The molecule has 0 saturated carbocycles. The number of benzene rings is 1. The second-order valence-electron chi connectivity index (χ2n) is 6.39. The molecule has 1 aromatic carbocycles. The first kappa shape index (κ1) is 18.0. The molecule has 1 amide bonds. The highest BCUT2D eigenvalue weighted by Gasteiger charge is 2.28. The van der Waals surface area contributed by atoms with E-state index >= 15 is 0 Å². The molecule has 0 aliphatic carbocycles. The molecule has 3 aromatic rings. The molecule has 1 fully saturated rings. The summed E-state index contributed by atoms with van der Waals surface area (Å²) in [6, 6.07) is 6.77. The average molecular weight is 386 g/mol. The van der Waals surface area contributed by atoms with Crippen LogP contribution >= 0.6 is 0 Å². The fourth-order valence-corrected chi connectivity index (χ4v) is 3.03. The Morgan fingerprint density at radius 2 is 1.96 bits per heavy atom. The highest BCUT2D eigenvalue weighted by molar-refractivity contribution is 5.70. The molecule has 4 rings (SSSR count). The molecule has 9 heteroatoms. The van der Waals surface area contributed by atoms with E-state index < -0.39 is 17.7 Å². The van der Waals surface area contributed by atoms with Crippen molar-refractivity contribution in [2.24, 2.45) is 0 Å².